The maximum Gasteiger partial charge on any atom is 0.408 e. The Morgan fingerprint density at radius 2 is 2.07 bits per heavy atom. The van der Waals surface area contributed by atoms with E-state index in [9.17, 15) is 18.8 Å². The van der Waals surface area contributed by atoms with Gasteiger partial charge in [-0.05, 0) is 39.3 Å². The van der Waals surface area contributed by atoms with Gasteiger partial charge in [-0.1, -0.05) is 0 Å². The number of carbonyl (C=O) groups excluding carboxylic acids is 3. The summed E-state index contributed by atoms with van der Waals surface area (Å²) in [6, 6.07) is 1.48. The van der Waals surface area contributed by atoms with Gasteiger partial charge in [-0.3, -0.25) is 15.0 Å². The number of carbonyl (C=O) groups is 3. The molecule has 10 heteroatoms. The molecule has 1 aromatic carbocycles. The van der Waals surface area contributed by atoms with Gasteiger partial charge in [0.05, 0.1) is 25.2 Å². The van der Waals surface area contributed by atoms with E-state index < -0.39 is 41.4 Å². The molecule has 1 aromatic rings. The fourth-order valence-corrected chi connectivity index (χ4v) is 3.56. The SMILES string of the molecule is CC(C)(C)OC(=O)N[C@@H]1COCC[C@H]1N1Cc2c(F)cc(C(=O)NN)cc2C1=O. The molecule has 1 fully saturated rings. The minimum Gasteiger partial charge on any atom is -0.444 e. The van der Waals surface area contributed by atoms with Crippen molar-refractivity contribution < 1.29 is 28.2 Å². The van der Waals surface area contributed by atoms with E-state index in [1.54, 1.807) is 20.8 Å². The molecule has 0 radical (unpaired) electrons. The van der Waals surface area contributed by atoms with Crippen LogP contribution in [0, 0.1) is 5.82 Å². The lowest BCUT2D eigenvalue weighted by Gasteiger charge is -2.38. The van der Waals surface area contributed by atoms with Crippen molar-refractivity contribution in [2.24, 2.45) is 5.84 Å². The number of nitrogens with zero attached hydrogens (tertiary/aromatic N) is 1. The molecule has 2 atom stereocenters. The zero-order valence-corrected chi connectivity index (χ0v) is 16.6. The lowest BCUT2D eigenvalue weighted by atomic mass is 10.0. The van der Waals surface area contributed by atoms with Crippen LogP contribution in [0.4, 0.5) is 9.18 Å². The van der Waals surface area contributed by atoms with Gasteiger partial charge in [0.1, 0.15) is 11.4 Å². The quantitative estimate of drug-likeness (QED) is 0.391. The van der Waals surface area contributed by atoms with E-state index >= 15 is 0 Å². The number of hydrazine groups is 1. The second-order valence-electron chi connectivity index (χ2n) is 8.07. The minimum absolute atomic E-state index is 0.0330. The molecule has 0 bridgehead atoms. The average Bonchev–Trinajstić information content (AvgIpc) is 2.97. The normalized spacial score (nSPS) is 21.6. The molecule has 4 N–H and O–H groups in total. The molecule has 158 valence electrons. The Hall–Kier alpha value is -2.72. The van der Waals surface area contributed by atoms with Crippen molar-refractivity contribution in [2.45, 2.75) is 51.4 Å². The summed E-state index contributed by atoms with van der Waals surface area (Å²) in [6.07, 6.45) is -0.145. The number of amides is 3. The third-order valence-corrected chi connectivity index (χ3v) is 4.83. The van der Waals surface area contributed by atoms with Crippen molar-refractivity contribution in [3.8, 4) is 0 Å². The summed E-state index contributed by atoms with van der Waals surface area (Å²) in [6.45, 7) is 5.90. The van der Waals surface area contributed by atoms with E-state index in [4.69, 9.17) is 15.3 Å². The smallest absolute Gasteiger partial charge is 0.408 e. The average molecular weight is 408 g/mol. The molecule has 2 aliphatic heterocycles. The summed E-state index contributed by atoms with van der Waals surface area (Å²) in [5.74, 6) is 3.36. The third kappa shape index (κ3) is 4.48. The van der Waals surface area contributed by atoms with Crippen LogP contribution in [0.3, 0.4) is 0 Å². The maximum absolute atomic E-state index is 14.5. The monoisotopic (exact) mass is 408 g/mol. The number of rotatable bonds is 3. The number of alkyl carbamates (subject to hydrolysis) is 1. The van der Waals surface area contributed by atoms with Crippen LogP contribution in [0.25, 0.3) is 0 Å². The van der Waals surface area contributed by atoms with Gasteiger partial charge < -0.3 is 19.7 Å². The van der Waals surface area contributed by atoms with E-state index in [1.807, 2.05) is 5.43 Å². The fourth-order valence-electron chi connectivity index (χ4n) is 3.56. The second-order valence-corrected chi connectivity index (χ2v) is 8.07. The second kappa shape index (κ2) is 7.96. The molecule has 3 amide bonds. The molecule has 2 heterocycles. The molecule has 0 saturated carbocycles. The Bertz CT molecular complexity index is 839. The number of halogens is 1. The Labute approximate surface area is 167 Å². The molecule has 29 heavy (non-hydrogen) atoms. The van der Waals surface area contributed by atoms with E-state index in [-0.39, 0.29) is 29.8 Å². The maximum atomic E-state index is 14.5. The van der Waals surface area contributed by atoms with E-state index in [0.29, 0.717) is 13.0 Å². The van der Waals surface area contributed by atoms with Gasteiger partial charge in [-0.2, -0.15) is 0 Å². The first-order chi connectivity index (χ1) is 13.6. The van der Waals surface area contributed by atoms with E-state index in [2.05, 4.69) is 5.32 Å². The standard InChI is InChI=1S/C19H25FN4O5/c1-19(2,3)29-18(27)22-14-9-28-5-4-15(14)24-8-12-11(17(24)26)6-10(7-13(12)20)16(25)23-21/h6-7,14-15H,4-5,8-9,21H2,1-3H3,(H,22,27)(H,23,25)/t14-,15-/m1/s1. The lowest BCUT2D eigenvalue weighted by Crippen LogP contribution is -2.57. The van der Waals surface area contributed by atoms with Crippen LogP contribution >= 0.6 is 0 Å². The Balaban J connectivity index is 1.81. The molecular weight excluding hydrogens is 383 g/mol. The number of fused-ring (bicyclic) bond motifs is 1. The third-order valence-electron chi connectivity index (χ3n) is 4.83. The Morgan fingerprint density at radius 1 is 1.34 bits per heavy atom. The molecule has 9 nitrogen and oxygen atoms in total. The Morgan fingerprint density at radius 3 is 2.72 bits per heavy atom. The van der Waals surface area contributed by atoms with Crippen LogP contribution in [0.5, 0.6) is 0 Å². The van der Waals surface area contributed by atoms with Crippen LogP contribution in [-0.2, 0) is 16.0 Å². The van der Waals surface area contributed by atoms with Crippen LogP contribution < -0.4 is 16.6 Å². The van der Waals surface area contributed by atoms with Gasteiger partial charge in [-0.25, -0.2) is 15.0 Å². The van der Waals surface area contributed by atoms with Gasteiger partial charge in [0.2, 0.25) is 0 Å². The van der Waals surface area contributed by atoms with E-state index in [0.717, 1.165) is 6.07 Å². The largest absolute Gasteiger partial charge is 0.444 e. The zero-order valence-electron chi connectivity index (χ0n) is 16.6. The molecule has 3 rings (SSSR count). The first-order valence-corrected chi connectivity index (χ1v) is 9.32. The highest BCUT2D eigenvalue weighted by atomic mass is 19.1. The highest BCUT2D eigenvalue weighted by Crippen LogP contribution is 2.31. The van der Waals surface area contributed by atoms with Gasteiger partial charge in [0.25, 0.3) is 11.8 Å². The van der Waals surface area contributed by atoms with Gasteiger partial charge in [0, 0.05) is 23.3 Å². The number of benzene rings is 1. The highest BCUT2D eigenvalue weighted by Gasteiger charge is 2.41. The zero-order chi connectivity index (χ0) is 21.3. The first-order valence-electron chi connectivity index (χ1n) is 9.32. The fraction of sp³-hybridized carbons (Fsp3) is 0.526. The number of nitrogens with one attached hydrogen (secondary N) is 2. The van der Waals surface area contributed by atoms with Gasteiger partial charge in [0.15, 0.2) is 0 Å². The topological polar surface area (TPSA) is 123 Å². The van der Waals surface area contributed by atoms with Crippen molar-refractivity contribution in [1.29, 1.82) is 0 Å². The molecular formula is C19H25FN4O5. The Kier molecular flexibility index (Phi) is 5.76. The van der Waals surface area contributed by atoms with Crippen molar-refractivity contribution >= 4 is 17.9 Å². The minimum atomic E-state index is -0.687. The van der Waals surface area contributed by atoms with Crippen molar-refractivity contribution in [3.63, 3.8) is 0 Å². The van der Waals surface area contributed by atoms with Crippen LogP contribution in [-0.4, -0.2) is 53.7 Å². The number of nitrogen functional groups attached to an aromatic ring is 1. The predicted molar refractivity (Wildman–Crippen MR) is 100 cm³/mol. The first kappa shape index (κ1) is 21.0. The van der Waals surface area contributed by atoms with Crippen molar-refractivity contribution in [2.75, 3.05) is 13.2 Å². The summed E-state index contributed by atoms with van der Waals surface area (Å²) in [5.41, 5.74) is 1.56. The number of hydrogen-bond acceptors (Lipinski definition) is 6. The molecule has 2 aliphatic rings. The predicted octanol–water partition coefficient (Wildman–Crippen LogP) is 1.07. The van der Waals surface area contributed by atoms with E-state index in [1.165, 1.54) is 11.0 Å². The van der Waals surface area contributed by atoms with Crippen LogP contribution in [0.1, 0.15) is 53.5 Å². The number of nitrogens with two attached hydrogens (primary N) is 1. The molecule has 0 aromatic heterocycles. The summed E-state index contributed by atoms with van der Waals surface area (Å²) in [7, 11) is 0. The van der Waals surface area contributed by atoms with Crippen LogP contribution in [0.15, 0.2) is 12.1 Å². The summed E-state index contributed by atoms with van der Waals surface area (Å²) >= 11 is 0. The number of ether oxygens (including phenoxy) is 2. The van der Waals surface area contributed by atoms with Crippen molar-refractivity contribution in [1.82, 2.24) is 15.6 Å². The van der Waals surface area contributed by atoms with Crippen molar-refractivity contribution in [3.05, 3.63) is 34.6 Å². The highest BCUT2D eigenvalue weighted by molar-refractivity contribution is 6.02. The summed E-state index contributed by atoms with van der Waals surface area (Å²) in [5, 5.41) is 2.75. The molecule has 0 aliphatic carbocycles. The molecule has 0 unspecified atom stereocenters. The van der Waals surface area contributed by atoms with Gasteiger partial charge in [-0.15, -0.1) is 0 Å². The molecule has 1 saturated heterocycles. The molecule has 0 spiro atoms. The summed E-state index contributed by atoms with van der Waals surface area (Å²) < 4.78 is 25.3. The lowest BCUT2D eigenvalue weighted by molar-refractivity contribution is -0.000403. The summed E-state index contributed by atoms with van der Waals surface area (Å²) in [4.78, 5) is 38.4. The van der Waals surface area contributed by atoms with Gasteiger partial charge >= 0.3 is 6.09 Å². The number of hydrogen-bond donors (Lipinski definition) is 3. The van der Waals surface area contributed by atoms with Crippen LogP contribution in [0.2, 0.25) is 0 Å².